The van der Waals surface area contributed by atoms with Gasteiger partial charge in [-0.3, -0.25) is 9.59 Å². The van der Waals surface area contributed by atoms with E-state index in [1.54, 1.807) is 12.0 Å². The van der Waals surface area contributed by atoms with Gasteiger partial charge in [-0.25, -0.2) is 0 Å². The fraction of sp³-hybridized carbons (Fsp3) is 0.579. The molecular formula is C19H26N2O3. The quantitative estimate of drug-likeness (QED) is 0.852. The molecule has 2 saturated heterocycles. The highest BCUT2D eigenvalue weighted by Gasteiger charge is 2.38. The van der Waals surface area contributed by atoms with E-state index in [0.29, 0.717) is 25.6 Å². The maximum absolute atomic E-state index is 12.8. The van der Waals surface area contributed by atoms with Crippen LogP contribution in [0.1, 0.15) is 38.2 Å². The number of hydrogen-bond donors (Lipinski definition) is 0. The third-order valence-corrected chi connectivity index (χ3v) is 5.16. The molecular weight excluding hydrogens is 304 g/mol. The van der Waals surface area contributed by atoms with E-state index in [4.69, 9.17) is 4.74 Å². The number of benzene rings is 1. The topological polar surface area (TPSA) is 49.9 Å². The number of methoxy groups -OCH3 is 1. The van der Waals surface area contributed by atoms with Crippen LogP contribution in [-0.4, -0.2) is 47.9 Å². The van der Waals surface area contributed by atoms with Crippen molar-refractivity contribution in [1.82, 2.24) is 9.80 Å². The molecule has 0 bridgehead atoms. The molecule has 0 aromatic heterocycles. The summed E-state index contributed by atoms with van der Waals surface area (Å²) in [5, 5.41) is 0. The van der Waals surface area contributed by atoms with Crippen molar-refractivity contribution in [2.24, 2.45) is 5.92 Å². The molecule has 3 rings (SSSR count). The smallest absolute Gasteiger partial charge is 0.228 e. The van der Waals surface area contributed by atoms with Crippen molar-refractivity contribution in [1.29, 1.82) is 0 Å². The molecule has 2 atom stereocenters. The summed E-state index contributed by atoms with van der Waals surface area (Å²) in [6, 6.07) is 8.03. The highest BCUT2D eigenvalue weighted by Crippen LogP contribution is 2.26. The Bertz CT molecular complexity index is 616. The number of carbonyl (C=O) groups is 2. The molecule has 5 heteroatoms. The van der Waals surface area contributed by atoms with Crippen LogP contribution in [0.4, 0.5) is 0 Å². The molecule has 1 aromatic rings. The first kappa shape index (κ1) is 16.8. The maximum atomic E-state index is 12.8. The molecule has 2 heterocycles. The molecule has 0 aliphatic carbocycles. The van der Waals surface area contributed by atoms with Crippen molar-refractivity contribution in [3.8, 4) is 5.75 Å². The highest BCUT2D eigenvalue weighted by atomic mass is 16.5. The first-order valence-electron chi connectivity index (χ1n) is 8.79. The van der Waals surface area contributed by atoms with Gasteiger partial charge >= 0.3 is 0 Å². The Labute approximate surface area is 143 Å². The van der Waals surface area contributed by atoms with Gasteiger partial charge in [-0.2, -0.15) is 0 Å². The summed E-state index contributed by atoms with van der Waals surface area (Å²) in [5.74, 6) is 0.821. The third kappa shape index (κ3) is 3.55. The third-order valence-electron chi connectivity index (χ3n) is 5.16. The number of carbonyl (C=O) groups excluding carboxylic acids is 2. The Hall–Kier alpha value is -2.04. The second-order valence-electron chi connectivity index (χ2n) is 6.90. The number of nitrogens with zero attached hydrogens (tertiary/aromatic N) is 2. The summed E-state index contributed by atoms with van der Waals surface area (Å²) in [6.45, 7) is 4.01. The van der Waals surface area contributed by atoms with Crippen LogP contribution in [0.5, 0.6) is 5.75 Å². The van der Waals surface area contributed by atoms with E-state index in [9.17, 15) is 9.59 Å². The highest BCUT2D eigenvalue weighted by molar-refractivity contribution is 5.89. The van der Waals surface area contributed by atoms with Crippen molar-refractivity contribution >= 4 is 11.8 Å². The van der Waals surface area contributed by atoms with Gasteiger partial charge in [0, 0.05) is 32.1 Å². The van der Waals surface area contributed by atoms with E-state index in [-0.39, 0.29) is 17.7 Å². The standard InChI is InChI=1S/C19H26N2O3/c1-14-6-3-4-9-21(14)19(23)16-11-18(22)20(13-16)12-15-7-5-8-17(10-15)24-2/h5,7-8,10,14,16H,3-4,6,9,11-13H2,1-2H3. The minimum atomic E-state index is -0.191. The van der Waals surface area contributed by atoms with Crippen LogP contribution in [-0.2, 0) is 16.1 Å². The first-order chi connectivity index (χ1) is 11.6. The van der Waals surface area contributed by atoms with E-state index in [1.807, 2.05) is 29.2 Å². The molecule has 2 amide bonds. The van der Waals surface area contributed by atoms with Crippen LogP contribution in [0, 0.1) is 5.92 Å². The van der Waals surface area contributed by atoms with Crippen molar-refractivity contribution in [3.05, 3.63) is 29.8 Å². The van der Waals surface area contributed by atoms with Crippen molar-refractivity contribution < 1.29 is 14.3 Å². The molecule has 24 heavy (non-hydrogen) atoms. The molecule has 130 valence electrons. The number of amides is 2. The van der Waals surface area contributed by atoms with Crippen molar-refractivity contribution in [2.75, 3.05) is 20.2 Å². The molecule has 0 spiro atoms. The largest absolute Gasteiger partial charge is 0.497 e. The van der Waals surface area contributed by atoms with E-state index in [2.05, 4.69) is 6.92 Å². The molecule has 0 N–H and O–H groups in total. The molecule has 2 unspecified atom stereocenters. The zero-order valence-corrected chi connectivity index (χ0v) is 14.5. The van der Waals surface area contributed by atoms with Gasteiger partial charge in [0.1, 0.15) is 5.75 Å². The van der Waals surface area contributed by atoms with Crippen LogP contribution in [0.2, 0.25) is 0 Å². The van der Waals surface area contributed by atoms with Gasteiger partial charge in [-0.05, 0) is 43.9 Å². The van der Waals surface area contributed by atoms with Crippen molar-refractivity contribution in [3.63, 3.8) is 0 Å². The summed E-state index contributed by atoms with van der Waals surface area (Å²) in [7, 11) is 1.63. The van der Waals surface area contributed by atoms with Crippen LogP contribution < -0.4 is 4.74 Å². The van der Waals surface area contributed by atoms with Gasteiger partial charge in [-0.15, -0.1) is 0 Å². The molecule has 0 saturated carbocycles. The zero-order chi connectivity index (χ0) is 17.1. The van der Waals surface area contributed by atoms with Crippen LogP contribution in [0.3, 0.4) is 0 Å². The van der Waals surface area contributed by atoms with Crippen LogP contribution >= 0.6 is 0 Å². The minimum Gasteiger partial charge on any atom is -0.497 e. The summed E-state index contributed by atoms with van der Waals surface area (Å²) >= 11 is 0. The molecule has 2 aliphatic heterocycles. The van der Waals surface area contributed by atoms with Crippen LogP contribution in [0.15, 0.2) is 24.3 Å². The zero-order valence-electron chi connectivity index (χ0n) is 14.5. The average molecular weight is 330 g/mol. The summed E-state index contributed by atoms with van der Waals surface area (Å²) in [6.07, 6.45) is 3.67. The minimum absolute atomic E-state index is 0.0702. The van der Waals surface area contributed by atoms with Crippen LogP contribution in [0.25, 0.3) is 0 Å². The lowest BCUT2D eigenvalue weighted by Gasteiger charge is -2.35. The lowest BCUT2D eigenvalue weighted by Crippen LogP contribution is -2.45. The number of ether oxygens (including phenoxy) is 1. The number of likely N-dealkylation sites (tertiary alicyclic amines) is 2. The van der Waals surface area contributed by atoms with E-state index >= 15 is 0 Å². The van der Waals surface area contributed by atoms with E-state index in [1.165, 1.54) is 6.42 Å². The lowest BCUT2D eigenvalue weighted by molar-refractivity contribution is -0.139. The first-order valence-corrected chi connectivity index (χ1v) is 8.79. The fourth-order valence-electron chi connectivity index (χ4n) is 3.74. The van der Waals surface area contributed by atoms with Gasteiger partial charge in [0.2, 0.25) is 11.8 Å². The van der Waals surface area contributed by atoms with Crippen molar-refractivity contribution in [2.45, 2.75) is 45.2 Å². The Balaban J connectivity index is 1.63. The Morgan fingerprint density at radius 2 is 2.17 bits per heavy atom. The van der Waals surface area contributed by atoms with Gasteiger partial charge in [-0.1, -0.05) is 12.1 Å². The molecule has 2 aliphatic rings. The van der Waals surface area contributed by atoms with E-state index < -0.39 is 0 Å². The monoisotopic (exact) mass is 330 g/mol. The normalized spacial score (nSPS) is 24.3. The predicted molar refractivity (Wildman–Crippen MR) is 91.5 cm³/mol. The Morgan fingerprint density at radius 3 is 2.92 bits per heavy atom. The average Bonchev–Trinajstić information content (AvgIpc) is 2.95. The Morgan fingerprint density at radius 1 is 1.33 bits per heavy atom. The summed E-state index contributed by atoms with van der Waals surface area (Å²) < 4.78 is 5.23. The van der Waals surface area contributed by atoms with Gasteiger partial charge < -0.3 is 14.5 Å². The van der Waals surface area contributed by atoms with Gasteiger partial charge in [0.25, 0.3) is 0 Å². The second kappa shape index (κ2) is 7.24. The summed E-state index contributed by atoms with van der Waals surface area (Å²) in [4.78, 5) is 28.9. The maximum Gasteiger partial charge on any atom is 0.228 e. The molecule has 2 fully saturated rings. The predicted octanol–water partition coefficient (Wildman–Crippen LogP) is 2.44. The second-order valence-corrected chi connectivity index (χ2v) is 6.90. The SMILES string of the molecule is COc1cccc(CN2CC(C(=O)N3CCCCC3C)CC2=O)c1. The van der Waals surface area contributed by atoms with Gasteiger partial charge in [0.15, 0.2) is 0 Å². The number of hydrogen-bond acceptors (Lipinski definition) is 3. The number of rotatable bonds is 4. The van der Waals surface area contributed by atoms with E-state index in [0.717, 1.165) is 30.7 Å². The Kier molecular flexibility index (Phi) is 5.07. The molecule has 1 aromatic carbocycles. The number of piperidine rings is 1. The summed E-state index contributed by atoms with van der Waals surface area (Å²) in [5.41, 5.74) is 1.03. The lowest BCUT2D eigenvalue weighted by atomic mass is 9.99. The fourth-order valence-corrected chi connectivity index (χ4v) is 3.74. The molecule has 0 radical (unpaired) electrons. The molecule has 5 nitrogen and oxygen atoms in total. The van der Waals surface area contributed by atoms with Gasteiger partial charge in [0.05, 0.1) is 13.0 Å².